The molecule has 1 aliphatic heterocycles. The number of carbonyl (C=O) groups excluding carboxylic acids is 1. The second-order valence-electron chi connectivity index (χ2n) is 5.91. The van der Waals surface area contributed by atoms with E-state index in [1.807, 2.05) is 6.92 Å². The van der Waals surface area contributed by atoms with Crippen LogP contribution in [0.15, 0.2) is 18.2 Å². The summed E-state index contributed by atoms with van der Waals surface area (Å²) in [5, 5.41) is 0. The predicted molar refractivity (Wildman–Crippen MR) is 79.4 cm³/mol. The fourth-order valence-electron chi connectivity index (χ4n) is 3.04. The molecule has 1 aromatic carbocycles. The molecule has 2 unspecified atom stereocenters. The zero-order chi connectivity index (χ0) is 15.4. The Hall–Kier alpha value is -1.29. The van der Waals surface area contributed by atoms with Crippen LogP contribution in [-0.2, 0) is 0 Å². The molecule has 1 aromatic rings. The first kappa shape index (κ1) is 16.1. The van der Waals surface area contributed by atoms with E-state index in [0.29, 0.717) is 0 Å². The van der Waals surface area contributed by atoms with Crippen LogP contribution in [0.1, 0.15) is 49.9 Å². The van der Waals surface area contributed by atoms with Gasteiger partial charge in [-0.15, -0.1) is 0 Å². The molecule has 21 heavy (non-hydrogen) atoms. The van der Waals surface area contributed by atoms with Gasteiger partial charge in [0.2, 0.25) is 0 Å². The van der Waals surface area contributed by atoms with Crippen LogP contribution in [0.25, 0.3) is 0 Å². The molecular weight excluding hydrogens is 272 g/mol. The van der Waals surface area contributed by atoms with E-state index in [0.717, 1.165) is 44.0 Å². The highest BCUT2D eigenvalue weighted by Gasteiger charge is 2.25. The van der Waals surface area contributed by atoms with E-state index in [4.69, 9.17) is 0 Å². The van der Waals surface area contributed by atoms with Crippen LogP contribution in [0.2, 0.25) is 0 Å². The first-order valence-corrected chi connectivity index (χ1v) is 7.76. The van der Waals surface area contributed by atoms with Crippen LogP contribution in [0.5, 0.6) is 0 Å². The molecule has 1 aliphatic rings. The molecule has 2 rings (SSSR count). The van der Waals surface area contributed by atoms with Gasteiger partial charge < -0.3 is 0 Å². The summed E-state index contributed by atoms with van der Waals surface area (Å²) in [6.45, 7) is 5.86. The van der Waals surface area contributed by atoms with Crippen molar-refractivity contribution in [3.8, 4) is 0 Å². The summed E-state index contributed by atoms with van der Waals surface area (Å²) < 4.78 is 26.2. The van der Waals surface area contributed by atoms with Crippen LogP contribution >= 0.6 is 0 Å². The molecule has 1 saturated heterocycles. The van der Waals surface area contributed by atoms with Crippen molar-refractivity contribution in [2.75, 3.05) is 13.1 Å². The number of halogens is 2. The lowest BCUT2D eigenvalue weighted by atomic mass is 9.98. The minimum absolute atomic E-state index is 0.135. The van der Waals surface area contributed by atoms with Gasteiger partial charge in [-0.3, -0.25) is 9.69 Å². The van der Waals surface area contributed by atoms with Gasteiger partial charge >= 0.3 is 0 Å². The Morgan fingerprint density at radius 1 is 1.29 bits per heavy atom. The highest BCUT2D eigenvalue weighted by atomic mass is 19.2. The largest absolute Gasteiger partial charge is 0.293 e. The number of ketones is 1. The Bertz CT molecular complexity index is 504. The number of Topliss-reactive ketones (excluding diaryl/α,β-unsaturated/α-hetero) is 1. The van der Waals surface area contributed by atoms with Gasteiger partial charge in [0, 0.05) is 5.56 Å². The van der Waals surface area contributed by atoms with Gasteiger partial charge in [0.1, 0.15) is 0 Å². The number of benzene rings is 1. The van der Waals surface area contributed by atoms with Gasteiger partial charge in [0.05, 0.1) is 6.04 Å². The summed E-state index contributed by atoms with van der Waals surface area (Å²) in [5.41, 5.74) is 0.248. The standard InChI is InChI=1S/C17H23F2NO/c1-3-13-5-4-9-20(10-8-13)12(2)17(21)14-6-7-15(18)16(19)11-14/h6-7,11-13H,3-5,8-10H2,1-2H3. The van der Waals surface area contributed by atoms with E-state index in [-0.39, 0.29) is 17.4 Å². The van der Waals surface area contributed by atoms with E-state index in [1.165, 1.54) is 18.9 Å². The van der Waals surface area contributed by atoms with E-state index in [9.17, 15) is 13.6 Å². The average Bonchev–Trinajstić information content (AvgIpc) is 2.74. The van der Waals surface area contributed by atoms with Crippen molar-refractivity contribution in [2.45, 2.75) is 45.6 Å². The van der Waals surface area contributed by atoms with Crippen molar-refractivity contribution in [3.63, 3.8) is 0 Å². The first-order chi connectivity index (χ1) is 10.0. The van der Waals surface area contributed by atoms with Gasteiger partial charge in [0.15, 0.2) is 17.4 Å². The predicted octanol–water partition coefficient (Wildman–Crippen LogP) is 4.05. The summed E-state index contributed by atoms with van der Waals surface area (Å²) in [7, 11) is 0. The Balaban J connectivity index is 2.06. The summed E-state index contributed by atoms with van der Waals surface area (Å²) in [5.74, 6) is -1.28. The van der Waals surface area contributed by atoms with E-state index in [2.05, 4.69) is 11.8 Å². The number of carbonyl (C=O) groups is 1. The highest BCUT2D eigenvalue weighted by molar-refractivity contribution is 5.99. The molecule has 0 radical (unpaired) electrons. The minimum atomic E-state index is -0.963. The second kappa shape index (κ2) is 7.12. The molecule has 1 heterocycles. The summed E-state index contributed by atoms with van der Waals surface area (Å²) in [6, 6.07) is 3.10. The molecule has 1 fully saturated rings. The maximum atomic E-state index is 13.3. The Morgan fingerprint density at radius 2 is 2.05 bits per heavy atom. The number of likely N-dealkylation sites (tertiary alicyclic amines) is 1. The van der Waals surface area contributed by atoms with Crippen molar-refractivity contribution in [1.82, 2.24) is 4.90 Å². The Labute approximate surface area is 125 Å². The summed E-state index contributed by atoms with van der Waals surface area (Å²) in [4.78, 5) is 14.6. The van der Waals surface area contributed by atoms with Crippen molar-refractivity contribution in [3.05, 3.63) is 35.4 Å². The third kappa shape index (κ3) is 3.88. The molecule has 2 nitrogen and oxygen atoms in total. The van der Waals surface area contributed by atoms with E-state index >= 15 is 0 Å². The fourth-order valence-corrected chi connectivity index (χ4v) is 3.04. The summed E-state index contributed by atoms with van der Waals surface area (Å²) >= 11 is 0. The maximum absolute atomic E-state index is 13.3. The third-order valence-corrected chi connectivity index (χ3v) is 4.59. The van der Waals surface area contributed by atoms with Crippen molar-refractivity contribution >= 4 is 5.78 Å². The van der Waals surface area contributed by atoms with Crippen LogP contribution in [0, 0.1) is 17.6 Å². The quantitative estimate of drug-likeness (QED) is 0.781. The SMILES string of the molecule is CCC1CCCN(C(C)C(=O)c2ccc(F)c(F)c2)CC1. The van der Waals surface area contributed by atoms with Crippen molar-refractivity contribution in [1.29, 1.82) is 0 Å². The van der Waals surface area contributed by atoms with Gasteiger partial charge in [-0.25, -0.2) is 8.78 Å². The topological polar surface area (TPSA) is 20.3 Å². The zero-order valence-electron chi connectivity index (χ0n) is 12.7. The highest BCUT2D eigenvalue weighted by Crippen LogP contribution is 2.22. The summed E-state index contributed by atoms with van der Waals surface area (Å²) in [6.07, 6.45) is 4.58. The normalized spacial score (nSPS) is 21.8. The van der Waals surface area contributed by atoms with Crippen LogP contribution in [0.4, 0.5) is 8.78 Å². The Morgan fingerprint density at radius 3 is 2.71 bits per heavy atom. The molecule has 4 heteroatoms. The van der Waals surface area contributed by atoms with Crippen molar-refractivity contribution in [2.24, 2.45) is 5.92 Å². The molecule has 0 bridgehead atoms. The molecule has 0 aliphatic carbocycles. The molecule has 0 saturated carbocycles. The Kier molecular flexibility index (Phi) is 5.45. The fraction of sp³-hybridized carbons (Fsp3) is 0.588. The molecule has 0 N–H and O–H groups in total. The second-order valence-corrected chi connectivity index (χ2v) is 5.91. The monoisotopic (exact) mass is 295 g/mol. The smallest absolute Gasteiger partial charge is 0.179 e. The lowest BCUT2D eigenvalue weighted by molar-refractivity contribution is 0.0840. The lowest BCUT2D eigenvalue weighted by Gasteiger charge is -2.26. The molecule has 0 amide bonds. The third-order valence-electron chi connectivity index (χ3n) is 4.59. The van der Waals surface area contributed by atoms with E-state index < -0.39 is 11.6 Å². The molecule has 2 atom stereocenters. The van der Waals surface area contributed by atoms with Crippen molar-refractivity contribution < 1.29 is 13.6 Å². The van der Waals surface area contributed by atoms with Gasteiger partial charge in [-0.2, -0.15) is 0 Å². The average molecular weight is 295 g/mol. The molecule has 0 aromatic heterocycles. The molecule has 116 valence electrons. The van der Waals surface area contributed by atoms with E-state index in [1.54, 1.807) is 0 Å². The zero-order valence-corrected chi connectivity index (χ0v) is 12.7. The van der Waals surface area contributed by atoms with Gasteiger partial charge in [-0.1, -0.05) is 13.3 Å². The van der Waals surface area contributed by atoms with Crippen LogP contribution in [-0.4, -0.2) is 29.8 Å². The van der Waals surface area contributed by atoms with Gasteiger partial charge in [-0.05, 0) is 63.4 Å². The first-order valence-electron chi connectivity index (χ1n) is 7.76. The minimum Gasteiger partial charge on any atom is -0.293 e. The number of nitrogens with zero attached hydrogens (tertiary/aromatic N) is 1. The van der Waals surface area contributed by atoms with Crippen LogP contribution < -0.4 is 0 Å². The number of rotatable bonds is 4. The number of hydrogen-bond acceptors (Lipinski definition) is 2. The number of hydrogen-bond donors (Lipinski definition) is 0. The maximum Gasteiger partial charge on any atom is 0.179 e. The molecule has 0 spiro atoms. The lowest BCUT2D eigenvalue weighted by Crippen LogP contribution is -2.39. The van der Waals surface area contributed by atoms with Gasteiger partial charge in [0.25, 0.3) is 0 Å². The molecular formula is C17H23F2NO. The van der Waals surface area contributed by atoms with Crippen LogP contribution in [0.3, 0.4) is 0 Å².